The Balaban J connectivity index is 2.63. The molecule has 0 radical (unpaired) electrons. The van der Waals surface area contributed by atoms with Crippen molar-refractivity contribution in [3.63, 3.8) is 0 Å². The first-order valence-electron chi connectivity index (χ1n) is 7.05. The van der Waals surface area contributed by atoms with Gasteiger partial charge in [0.25, 0.3) is 0 Å². The van der Waals surface area contributed by atoms with Gasteiger partial charge in [-0.25, -0.2) is 0 Å². The third-order valence-corrected chi connectivity index (χ3v) is 2.86. The highest BCUT2D eigenvalue weighted by Crippen LogP contribution is 2.20. The fourth-order valence-corrected chi connectivity index (χ4v) is 1.96. The summed E-state index contributed by atoms with van der Waals surface area (Å²) >= 11 is 0. The van der Waals surface area contributed by atoms with Crippen LogP contribution in [0.1, 0.15) is 45.7 Å². The summed E-state index contributed by atoms with van der Waals surface area (Å²) in [6.07, 6.45) is 4.75. The third kappa shape index (κ3) is 6.50. The summed E-state index contributed by atoms with van der Waals surface area (Å²) in [6, 6.07) is 8.61. The van der Waals surface area contributed by atoms with Gasteiger partial charge in [-0.15, -0.1) is 0 Å². The molecule has 0 aliphatic rings. The molecule has 1 aromatic carbocycles. The minimum absolute atomic E-state index is 0.0132. The van der Waals surface area contributed by atoms with Gasteiger partial charge in [-0.05, 0) is 23.0 Å². The molecule has 0 atom stereocenters. The van der Waals surface area contributed by atoms with E-state index in [4.69, 9.17) is 5.84 Å². The Morgan fingerprint density at radius 1 is 0.950 bits per heavy atom. The number of rotatable bonds is 5. The van der Waals surface area contributed by atoms with E-state index in [1.54, 1.807) is 6.21 Å². The van der Waals surface area contributed by atoms with E-state index >= 15 is 0 Å². The average molecular weight is 273 g/mol. The predicted molar refractivity (Wildman–Crippen MR) is 88.3 cm³/mol. The normalized spacial score (nSPS) is 13.4. The molecule has 110 valence electrons. The molecule has 0 aliphatic carbocycles. The van der Waals surface area contributed by atoms with Crippen molar-refractivity contribution in [1.82, 2.24) is 0 Å². The Morgan fingerprint density at radius 3 is 2.00 bits per heavy atom. The van der Waals surface area contributed by atoms with E-state index in [0.717, 1.165) is 13.0 Å². The van der Waals surface area contributed by atoms with E-state index in [1.165, 1.54) is 11.1 Å². The Kier molecular flexibility index (Phi) is 5.49. The molecule has 3 heteroatoms. The fraction of sp³-hybridized carbons (Fsp3) is 0.529. The summed E-state index contributed by atoms with van der Waals surface area (Å²) in [5.41, 5.74) is 2.66. The zero-order chi connectivity index (χ0) is 15.2. The van der Waals surface area contributed by atoms with Crippen molar-refractivity contribution in [2.75, 3.05) is 0 Å². The molecule has 20 heavy (non-hydrogen) atoms. The van der Waals surface area contributed by atoms with Gasteiger partial charge in [0.05, 0.1) is 6.54 Å². The van der Waals surface area contributed by atoms with Gasteiger partial charge in [-0.3, -0.25) is 4.99 Å². The van der Waals surface area contributed by atoms with Crippen LogP contribution in [0.3, 0.4) is 0 Å². The lowest BCUT2D eigenvalue weighted by Crippen LogP contribution is -2.17. The number of nitrogens with two attached hydrogens (primary N) is 1. The maximum atomic E-state index is 5.24. The quantitative estimate of drug-likeness (QED) is 0.495. The van der Waals surface area contributed by atoms with Crippen molar-refractivity contribution in [2.24, 2.45) is 26.8 Å². The van der Waals surface area contributed by atoms with E-state index in [1.807, 2.05) is 6.21 Å². The summed E-state index contributed by atoms with van der Waals surface area (Å²) in [4.78, 5) is 4.48. The smallest absolute Gasteiger partial charge is 0.0636 e. The molecule has 1 aromatic rings. The van der Waals surface area contributed by atoms with Gasteiger partial charge in [0.2, 0.25) is 0 Å². The predicted octanol–water partition coefficient (Wildman–Crippen LogP) is 3.82. The van der Waals surface area contributed by atoms with Crippen molar-refractivity contribution in [1.29, 1.82) is 0 Å². The Morgan fingerprint density at radius 2 is 1.50 bits per heavy atom. The monoisotopic (exact) mass is 273 g/mol. The molecule has 0 saturated heterocycles. The van der Waals surface area contributed by atoms with Gasteiger partial charge in [-0.1, -0.05) is 58.9 Å². The maximum absolute atomic E-state index is 5.24. The number of hydrogen-bond acceptors (Lipinski definition) is 3. The first kappa shape index (κ1) is 16.4. The van der Waals surface area contributed by atoms with E-state index in [2.05, 4.69) is 69.0 Å². The second-order valence-corrected chi connectivity index (χ2v) is 7.10. The minimum atomic E-state index is -0.0132. The van der Waals surface area contributed by atoms with Crippen LogP contribution in [0.25, 0.3) is 0 Å². The summed E-state index contributed by atoms with van der Waals surface area (Å²) in [5.74, 6) is 5.24. The van der Waals surface area contributed by atoms with Crippen molar-refractivity contribution >= 4 is 12.4 Å². The maximum Gasteiger partial charge on any atom is 0.0636 e. The second kappa shape index (κ2) is 6.69. The molecule has 0 spiro atoms. The minimum Gasteiger partial charge on any atom is -0.324 e. The SMILES string of the molecule is CC(C)(C)/C=N/Cc1ccc(CC(C)(C)/C=N/N)cc1. The molecule has 0 aliphatic heterocycles. The molecule has 3 nitrogen and oxygen atoms in total. The van der Waals surface area contributed by atoms with Gasteiger partial charge in [0.15, 0.2) is 0 Å². The number of hydrazone groups is 1. The zero-order valence-electron chi connectivity index (χ0n) is 13.4. The Hall–Kier alpha value is -1.64. The van der Waals surface area contributed by atoms with Gasteiger partial charge < -0.3 is 5.84 Å². The third-order valence-electron chi connectivity index (χ3n) is 2.86. The number of hydrogen-bond donors (Lipinski definition) is 1. The Labute approximate surface area is 123 Å². The largest absolute Gasteiger partial charge is 0.324 e. The van der Waals surface area contributed by atoms with Crippen molar-refractivity contribution in [3.05, 3.63) is 35.4 Å². The van der Waals surface area contributed by atoms with Crippen LogP contribution >= 0.6 is 0 Å². The molecule has 0 unspecified atom stereocenters. The lowest BCUT2D eigenvalue weighted by atomic mass is 9.87. The summed E-state index contributed by atoms with van der Waals surface area (Å²) in [7, 11) is 0. The lowest BCUT2D eigenvalue weighted by Gasteiger charge is -2.18. The van der Waals surface area contributed by atoms with Gasteiger partial charge in [0.1, 0.15) is 0 Å². The molecular weight excluding hydrogens is 246 g/mol. The first-order valence-corrected chi connectivity index (χ1v) is 7.05. The highest BCUT2D eigenvalue weighted by molar-refractivity contribution is 5.65. The van der Waals surface area contributed by atoms with Crippen LogP contribution < -0.4 is 5.84 Å². The van der Waals surface area contributed by atoms with E-state index < -0.39 is 0 Å². The highest BCUT2D eigenvalue weighted by Gasteiger charge is 2.15. The molecule has 0 fully saturated rings. The van der Waals surface area contributed by atoms with Crippen LogP contribution in [0.4, 0.5) is 0 Å². The van der Waals surface area contributed by atoms with Crippen molar-refractivity contribution in [2.45, 2.75) is 47.6 Å². The molecule has 0 saturated carbocycles. The van der Waals surface area contributed by atoms with Crippen LogP contribution in [-0.4, -0.2) is 12.4 Å². The summed E-state index contributed by atoms with van der Waals surface area (Å²) < 4.78 is 0. The number of aliphatic imine (C=N–C) groups is 1. The first-order chi connectivity index (χ1) is 9.22. The molecule has 2 N–H and O–H groups in total. The van der Waals surface area contributed by atoms with Crippen LogP contribution in [0.15, 0.2) is 34.4 Å². The topological polar surface area (TPSA) is 50.7 Å². The van der Waals surface area contributed by atoms with Crippen molar-refractivity contribution < 1.29 is 0 Å². The number of benzene rings is 1. The Bertz CT molecular complexity index is 462. The summed E-state index contributed by atoms with van der Waals surface area (Å²) in [6.45, 7) is 11.5. The average Bonchev–Trinajstić information content (AvgIpc) is 2.29. The van der Waals surface area contributed by atoms with Crippen molar-refractivity contribution in [3.8, 4) is 0 Å². The fourth-order valence-electron chi connectivity index (χ4n) is 1.96. The van der Waals surface area contributed by atoms with Gasteiger partial charge in [-0.2, -0.15) is 5.10 Å². The van der Waals surface area contributed by atoms with Crippen LogP contribution in [0, 0.1) is 10.8 Å². The van der Waals surface area contributed by atoms with Gasteiger partial charge in [0, 0.05) is 17.8 Å². The van der Waals surface area contributed by atoms with E-state index in [9.17, 15) is 0 Å². The molecule has 0 aromatic heterocycles. The molecule has 1 rings (SSSR count). The van der Waals surface area contributed by atoms with Crippen LogP contribution in [0.5, 0.6) is 0 Å². The number of nitrogens with zero attached hydrogens (tertiary/aromatic N) is 2. The molecular formula is C17H27N3. The van der Waals surface area contributed by atoms with Crippen LogP contribution in [-0.2, 0) is 13.0 Å². The standard InChI is InChI=1S/C17H27N3/c1-16(2,3)12-19-11-15-8-6-14(7-9-15)10-17(4,5)13-20-18/h6-9,12-13H,10-11,18H2,1-5H3/b19-12+,20-13+. The van der Waals surface area contributed by atoms with Crippen LogP contribution in [0.2, 0.25) is 0 Å². The molecule has 0 bridgehead atoms. The molecule has 0 heterocycles. The van der Waals surface area contributed by atoms with E-state index in [-0.39, 0.29) is 10.8 Å². The van der Waals surface area contributed by atoms with Gasteiger partial charge >= 0.3 is 0 Å². The highest BCUT2D eigenvalue weighted by atomic mass is 15.1. The molecule has 0 amide bonds. The zero-order valence-corrected chi connectivity index (χ0v) is 13.4. The second-order valence-electron chi connectivity index (χ2n) is 7.10. The van der Waals surface area contributed by atoms with E-state index in [0.29, 0.717) is 0 Å². The lowest BCUT2D eigenvalue weighted by molar-refractivity contribution is 0.531. The summed E-state index contributed by atoms with van der Waals surface area (Å²) in [5, 5.41) is 3.64.